The highest BCUT2D eigenvalue weighted by atomic mass is 19.1. The van der Waals surface area contributed by atoms with Crippen molar-refractivity contribution in [3.8, 4) is 0 Å². The molecule has 0 radical (unpaired) electrons. The quantitative estimate of drug-likeness (QED) is 0.512. The number of aromatic amines is 1. The molecule has 8 nitrogen and oxygen atoms in total. The summed E-state index contributed by atoms with van der Waals surface area (Å²) in [5.74, 6) is -0.618. The lowest BCUT2D eigenvalue weighted by molar-refractivity contribution is 0.0958. The molecular weight excluding hydrogens is 413 g/mol. The number of pyridine rings is 2. The standard InChI is InChI=1S/C23H22FN5O3/c1-25-22(30)18-5-3-15(12-26-18)29-9-7-28(8-10-29)13-14-2-4-16-17-6-11-32-21(17)23(31)27-20(16)19(14)24/h2-6,11-12H,7-10,13H2,1H3,(H,25,30)(H,27,31). The second-order valence-corrected chi connectivity index (χ2v) is 7.82. The van der Waals surface area contributed by atoms with E-state index in [2.05, 4.69) is 25.1 Å². The van der Waals surface area contributed by atoms with Gasteiger partial charge in [0, 0.05) is 56.1 Å². The van der Waals surface area contributed by atoms with E-state index in [-0.39, 0.29) is 17.0 Å². The van der Waals surface area contributed by atoms with Crippen LogP contribution in [0.3, 0.4) is 0 Å². The maximum Gasteiger partial charge on any atom is 0.292 e. The molecule has 9 heteroatoms. The minimum Gasteiger partial charge on any atom is -0.459 e. The second kappa shape index (κ2) is 8.08. The van der Waals surface area contributed by atoms with Gasteiger partial charge in [-0.1, -0.05) is 12.1 Å². The van der Waals surface area contributed by atoms with E-state index in [0.717, 1.165) is 31.9 Å². The van der Waals surface area contributed by atoms with E-state index in [0.29, 0.717) is 28.6 Å². The van der Waals surface area contributed by atoms with Crippen LogP contribution < -0.4 is 15.8 Å². The highest BCUT2D eigenvalue weighted by molar-refractivity contribution is 6.03. The molecule has 1 amide bonds. The van der Waals surface area contributed by atoms with Crippen molar-refractivity contribution < 1.29 is 13.6 Å². The largest absolute Gasteiger partial charge is 0.459 e. The van der Waals surface area contributed by atoms with Crippen molar-refractivity contribution in [1.82, 2.24) is 20.2 Å². The van der Waals surface area contributed by atoms with E-state index in [4.69, 9.17) is 4.42 Å². The number of hydrogen-bond acceptors (Lipinski definition) is 6. The summed E-state index contributed by atoms with van der Waals surface area (Å²) in [6.07, 6.45) is 3.14. The van der Waals surface area contributed by atoms with Crippen LogP contribution in [-0.4, -0.2) is 54.0 Å². The number of carbonyl (C=O) groups excluding carboxylic acids is 1. The van der Waals surface area contributed by atoms with Gasteiger partial charge in [0.25, 0.3) is 11.5 Å². The zero-order chi connectivity index (χ0) is 22.2. The van der Waals surface area contributed by atoms with Crippen LogP contribution in [0.15, 0.2) is 52.0 Å². The molecule has 0 atom stereocenters. The predicted octanol–water partition coefficient (Wildman–Crippen LogP) is 2.49. The Balaban J connectivity index is 1.30. The van der Waals surface area contributed by atoms with Crippen molar-refractivity contribution in [2.75, 3.05) is 38.1 Å². The van der Waals surface area contributed by atoms with Crippen molar-refractivity contribution in [3.63, 3.8) is 0 Å². The third-order valence-electron chi connectivity index (χ3n) is 5.96. The Morgan fingerprint density at radius 3 is 2.69 bits per heavy atom. The fourth-order valence-electron chi connectivity index (χ4n) is 4.20. The zero-order valence-corrected chi connectivity index (χ0v) is 17.5. The van der Waals surface area contributed by atoms with Crippen molar-refractivity contribution >= 4 is 33.5 Å². The summed E-state index contributed by atoms with van der Waals surface area (Å²) in [4.78, 5) is 35.1. The first-order valence-electron chi connectivity index (χ1n) is 10.4. The molecule has 0 bridgehead atoms. The molecule has 5 rings (SSSR count). The topological polar surface area (TPSA) is 94.5 Å². The molecule has 1 saturated heterocycles. The first kappa shape index (κ1) is 20.2. The van der Waals surface area contributed by atoms with Gasteiger partial charge < -0.3 is 19.6 Å². The molecule has 4 heterocycles. The summed E-state index contributed by atoms with van der Waals surface area (Å²) in [5, 5.41) is 3.80. The summed E-state index contributed by atoms with van der Waals surface area (Å²) < 4.78 is 20.4. The normalized spacial score (nSPS) is 14.9. The lowest BCUT2D eigenvalue weighted by Gasteiger charge is -2.36. The van der Waals surface area contributed by atoms with E-state index >= 15 is 4.39 Å². The molecule has 1 aromatic carbocycles. The van der Waals surface area contributed by atoms with Gasteiger partial charge in [-0.15, -0.1) is 0 Å². The average Bonchev–Trinajstić information content (AvgIpc) is 3.32. The monoisotopic (exact) mass is 435 g/mol. The SMILES string of the molecule is CNC(=O)c1ccc(N2CCN(Cc3ccc4c([nH]c(=O)c5occc54)c3F)CC2)cn1. The van der Waals surface area contributed by atoms with Gasteiger partial charge in [-0.05, 0) is 18.2 Å². The van der Waals surface area contributed by atoms with Crippen LogP contribution >= 0.6 is 0 Å². The van der Waals surface area contributed by atoms with Gasteiger partial charge in [0.15, 0.2) is 11.4 Å². The highest BCUT2D eigenvalue weighted by Gasteiger charge is 2.20. The Kier molecular flexibility index (Phi) is 5.10. The number of rotatable bonds is 4. The molecule has 4 aromatic rings. The summed E-state index contributed by atoms with van der Waals surface area (Å²) in [7, 11) is 1.57. The molecule has 0 spiro atoms. The van der Waals surface area contributed by atoms with E-state index in [1.54, 1.807) is 31.4 Å². The van der Waals surface area contributed by atoms with E-state index in [9.17, 15) is 9.59 Å². The number of hydrogen-bond donors (Lipinski definition) is 2. The second-order valence-electron chi connectivity index (χ2n) is 7.82. The Hall–Kier alpha value is -3.72. The number of piperazine rings is 1. The number of fused-ring (bicyclic) bond motifs is 3. The van der Waals surface area contributed by atoms with Gasteiger partial charge in [0.1, 0.15) is 5.69 Å². The van der Waals surface area contributed by atoms with Crippen LogP contribution in [0.1, 0.15) is 16.1 Å². The number of furan rings is 1. The van der Waals surface area contributed by atoms with E-state index < -0.39 is 11.4 Å². The fraction of sp³-hybridized carbons (Fsp3) is 0.261. The minimum absolute atomic E-state index is 0.207. The number of halogens is 1. The van der Waals surface area contributed by atoms with Crippen LogP contribution in [0, 0.1) is 5.82 Å². The lowest BCUT2D eigenvalue weighted by Crippen LogP contribution is -2.46. The smallest absolute Gasteiger partial charge is 0.292 e. The number of nitrogens with zero attached hydrogens (tertiary/aromatic N) is 3. The lowest BCUT2D eigenvalue weighted by atomic mass is 10.1. The Labute approximate surface area is 182 Å². The number of amides is 1. The first-order valence-corrected chi connectivity index (χ1v) is 10.4. The van der Waals surface area contributed by atoms with Gasteiger partial charge in [0.05, 0.1) is 23.7 Å². The number of nitrogens with one attached hydrogen (secondary N) is 2. The Bertz CT molecular complexity index is 1350. The predicted molar refractivity (Wildman–Crippen MR) is 119 cm³/mol. The maximum absolute atomic E-state index is 15.2. The van der Waals surface area contributed by atoms with Crippen molar-refractivity contribution in [2.45, 2.75) is 6.54 Å². The summed E-state index contributed by atoms with van der Waals surface area (Å²) in [5.41, 5.74) is 1.86. The molecule has 32 heavy (non-hydrogen) atoms. The third kappa shape index (κ3) is 3.50. The molecular formula is C23H22FN5O3. The molecule has 164 valence electrons. The van der Waals surface area contributed by atoms with Crippen LogP contribution in [0.5, 0.6) is 0 Å². The number of anilines is 1. The van der Waals surface area contributed by atoms with Crippen molar-refractivity contribution in [1.29, 1.82) is 0 Å². The highest BCUT2D eigenvalue weighted by Crippen LogP contribution is 2.26. The molecule has 0 aliphatic carbocycles. The van der Waals surface area contributed by atoms with Gasteiger partial charge in [-0.25, -0.2) is 9.37 Å². The number of carbonyl (C=O) groups is 1. The third-order valence-corrected chi connectivity index (χ3v) is 5.96. The molecule has 3 aromatic heterocycles. The zero-order valence-electron chi connectivity index (χ0n) is 17.5. The van der Waals surface area contributed by atoms with Gasteiger partial charge in [0.2, 0.25) is 0 Å². The molecule has 0 unspecified atom stereocenters. The van der Waals surface area contributed by atoms with Crippen LogP contribution in [0.2, 0.25) is 0 Å². The van der Waals surface area contributed by atoms with Gasteiger partial charge in [-0.2, -0.15) is 0 Å². The average molecular weight is 435 g/mol. The fourth-order valence-corrected chi connectivity index (χ4v) is 4.20. The Morgan fingerprint density at radius 1 is 1.16 bits per heavy atom. The number of aromatic nitrogens is 2. The van der Waals surface area contributed by atoms with Gasteiger partial charge >= 0.3 is 0 Å². The van der Waals surface area contributed by atoms with Crippen LogP contribution in [0.25, 0.3) is 21.9 Å². The number of benzene rings is 1. The summed E-state index contributed by atoms with van der Waals surface area (Å²) in [6.45, 7) is 3.50. The summed E-state index contributed by atoms with van der Waals surface area (Å²) >= 11 is 0. The first-order chi connectivity index (χ1) is 15.5. The van der Waals surface area contributed by atoms with Crippen LogP contribution in [-0.2, 0) is 6.54 Å². The molecule has 2 N–H and O–H groups in total. The van der Waals surface area contributed by atoms with E-state index in [1.807, 2.05) is 12.1 Å². The van der Waals surface area contributed by atoms with Crippen LogP contribution in [0.4, 0.5) is 10.1 Å². The molecule has 1 fully saturated rings. The van der Waals surface area contributed by atoms with E-state index in [1.165, 1.54) is 6.26 Å². The summed E-state index contributed by atoms with van der Waals surface area (Å²) in [6, 6.07) is 8.89. The van der Waals surface area contributed by atoms with Gasteiger partial charge in [-0.3, -0.25) is 14.5 Å². The van der Waals surface area contributed by atoms with Crippen molar-refractivity contribution in [2.24, 2.45) is 0 Å². The van der Waals surface area contributed by atoms with Crippen molar-refractivity contribution in [3.05, 3.63) is 70.2 Å². The Morgan fingerprint density at radius 2 is 1.97 bits per heavy atom. The molecule has 1 aliphatic rings. The number of H-pyrrole nitrogens is 1. The minimum atomic E-state index is -0.432. The molecule has 1 aliphatic heterocycles. The maximum atomic E-state index is 15.2. The molecule has 0 saturated carbocycles.